The molecular weight excluding hydrogens is 290 g/mol. The van der Waals surface area contributed by atoms with E-state index >= 15 is 0 Å². The number of nitriles is 1. The topological polar surface area (TPSA) is 71.1 Å². The van der Waals surface area contributed by atoms with Gasteiger partial charge >= 0.3 is 0 Å². The predicted molar refractivity (Wildman–Crippen MR) is 85.5 cm³/mol. The lowest BCUT2D eigenvalue weighted by molar-refractivity contribution is 0.296. The molecule has 0 saturated carbocycles. The summed E-state index contributed by atoms with van der Waals surface area (Å²) in [6, 6.07) is 18.3. The number of benzene rings is 2. The van der Waals surface area contributed by atoms with E-state index in [0.717, 1.165) is 5.69 Å². The molecular formula is C18H15N3O2. The Labute approximate surface area is 134 Å². The van der Waals surface area contributed by atoms with E-state index in [4.69, 9.17) is 4.74 Å². The summed E-state index contributed by atoms with van der Waals surface area (Å²) in [7, 11) is 0. The number of hydrogen-bond acceptors (Lipinski definition) is 4. The molecule has 23 heavy (non-hydrogen) atoms. The summed E-state index contributed by atoms with van der Waals surface area (Å²) in [6.45, 7) is 2.02. The van der Waals surface area contributed by atoms with E-state index in [1.165, 1.54) is 0 Å². The van der Waals surface area contributed by atoms with Crippen LogP contribution in [0.5, 0.6) is 11.5 Å². The number of para-hydroxylation sites is 1. The highest BCUT2D eigenvalue weighted by atomic mass is 16.5. The molecule has 5 nitrogen and oxygen atoms in total. The van der Waals surface area contributed by atoms with Gasteiger partial charge in [-0.2, -0.15) is 10.4 Å². The molecule has 3 rings (SSSR count). The number of phenolic OH excluding ortho intramolecular Hbond substituents is 1. The maximum absolute atomic E-state index is 9.40. The van der Waals surface area contributed by atoms with Crippen molar-refractivity contribution in [3.05, 3.63) is 71.5 Å². The van der Waals surface area contributed by atoms with Crippen molar-refractivity contribution in [2.45, 2.75) is 13.5 Å². The van der Waals surface area contributed by atoms with Crippen LogP contribution in [0.25, 0.3) is 5.69 Å². The monoisotopic (exact) mass is 305 g/mol. The Bertz CT molecular complexity index is 846. The van der Waals surface area contributed by atoms with Crippen LogP contribution in [-0.4, -0.2) is 14.9 Å². The summed E-state index contributed by atoms with van der Waals surface area (Å²) in [4.78, 5) is 0. The molecule has 0 aliphatic carbocycles. The SMILES string of the molecule is Cc1nn(-c2ccccc2)c(COc2ccc(O)cc2)c1C#N. The molecule has 1 aromatic heterocycles. The molecule has 2 aromatic carbocycles. The van der Waals surface area contributed by atoms with Gasteiger partial charge < -0.3 is 9.84 Å². The van der Waals surface area contributed by atoms with E-state index in [1.54, 1.807) is 28.9 Å². The Morgan fingerprint density at radius 3 is 2.48 bits per heavy atom. The van der Waals surface area contributed by atoms with Crippen LogP contribution in [-0.2, 0) is 6.61 Å². The predicted octanol–water partition coefficient (Wildman–Crippen LogP) is 3.34. The highest BCUT2D eigenvalue weighted by molar-refractivity contribution is 5.43. The summed E-state index contributed by atoms with van der Waals surface area (Å²) in [6.07, 6.45) is 0. The molecule has 0 spiro atoms. The van der Waals surface area contributed by atoms with E-state index in [2.05, 4.69) is 11.2 Å². The van der Waals surface area contributed by atoms with Gasteiger partial charge in [-0.15, -0.1) is 0 Å². The summed E-state index contributed by atoms with van der Waals surface area (Å²) in [5.74, 6) is 0.797. The van der Waals surface area contributed by atoms with E-state index in [1.807, 2.05) is 37.3 Å². The van der Waals surface area contributed by atoms with E-state index in [-0.39, 0.29) is 12.4 Å². The van der Waals surface area contributed by atoms with Gasteiger partial charge in [0.15, 0.2) is 0 Å². The smallest absolute Gasteiger partial charge is 0.132 e. The standard InChI is InChI=1S/C18H15N3O2/c1-13-17(11-19)18(12-23-16-9-7-15(22)8-10-16)21(20-13)14-5-3-2-4-6-14/h2-10,22H,12H2,1H3. The fourth-order valence-electron chi connectivity index (χ4n) is 2.33. The maximum atomic E-state index is 9.40. The number of aromatic nitrogens is 2. The molecule has 0 atom stereocenters. The Balaban J connectivity index is 1.94. The Kier molecular flexibility index (Phi) is 3.98. The molecule has 0 unspecified atom stereocenters. The number of aromatic hydroxyl groups is 1. The molecule has 0 aliphatic heterocycles. The lowest BCUT2D eigenvalue weighted by Crippen LogP contribution is -2.06. The Hall–Kier alpha value is -3.26. The van der Waals surface area contributed by atoms with Crippen molar-refractivity contribution in [1.29, 1.82) is 5.26 Å². The van der Waals surface area contributed by atoms with Crippen molar-refractivity contribution in [2.24, 2.45) is 0 Å². The van der Waals surface area contributed by atoms with E-state index < -0.39 is 0 Å². The van der Waals surface area contributed by atoms with Gasteiger partial charge in [-0.3, -0.25) is 0 Å². The summed E-state index contributed by atoms with van der Waals surface area (Å²) < 4.78 is 7.47. The first-order valence-electron chi connectivity index (χ1n) is 7.15. The van der Waals surface area contributed by atoms with Gasteiger partial charge in [0.2, 0.25) is 0 Å². The average Bonchev–Trinajstić information content (AvgIpc) is 2.91. The molecule has 0 amide bonds. The highest BCUT2D eigenvalue weighted by Gasteiger charge is 2.16. The second-order valence-electron chi connectivity index (χ2n) is 5.05. The van der Waals surface area contributed by atoms with Gasteiger partial charge in [0.05, 0.1) is 17.1 Å². The van der Waals surface area contributed by atoms with Gasteiger partial charge in [-0.25, -0.2) is 4.68 Å². The van der Waals surface area contributed by atoms with Crippen molar-refractivity contribution in [1.82, 2.24) is 9.78 Å². The Morgan fingerprint density at radius 2 is 1.83 bits per heavy atom. The summed E-state index contributed by atoms with van der Waals surface area (Å²) >= 11 is 0. The van der Waals surface area contributed by atoms with Crippen LogP contribution in [0.3, 0.4) is 0 Å². The third-order valence-corrected chi connectivity index (χ3v) is 3.48. The van der Waals surface area contributed by atoms with Crippen LogP contribution in [0.2, 0.25) is 0 Å². The second-order valence-corrected chi connectivity index (χ2v) is 5.05. The number of ether oxygens (including phenoxy) is 1. The minimum Gasteiger partial charge on any atom is -0.508 e. The van der Waals surface area contributed by atoms with E-state index in [9.17, 15) is 10.4 Å². The fraction of sp³-hybridized carbons (Fsp3) is 0.111. The zero-order valence-corrected chi connectivity index (χ0v) is 12.6. The van der Waals surface area contributed by atoms with Crippen LogP contribution >= 0.6 is 0 Å². The van der Waals surface area contributed by atoms with Crippen molar-refractivity contribution >= 4 is 0 Å². The molecule has 5 heteroatoms. The number of rotatable bonds is 4. The average molecular weight is 305 g/mol. The lowest BCUT2D eigenvalue weighted by atomic mass is 10.2. The highest BCUT2D eigenvalue weighted by Crippen LogP contribution is 2.21. The molecule has 0 saturated heterocycles. The zero-order valence-electron chi connectivity index (χ0n) is 12.6. The minimum atomic E-state index is 0.181. The van der Waals surface area contributed by atoms with Crippen LogP contribution in [0.1, 0.15) is 17.0 Å². The first-order valence-corrected chi connectivity index (χ1v) is 7.15. The number of hydrogen-bond donors (Lipinski definition) is 1. The van der Waals surface area contributed by atoms with Gasteiger partial charge in [0, 0.05) is 0 Å². The Morgan fingerprint density at radius 1 is 1.13 bits per heavy atom. The van der Waals surface area contributed by atoms with Crippen LogP contribution in [0.4, 0.5) is 0 Å². The molecule has 114 valence electrons. The molecule has 0 radical (unpaired) electrons. The first-order chi connectivity index (χ1) is 11.2. The normalized spacial score (nSPS) is 10.3. The van der Waals surface area contributed by atoms with Crippen molar-refractivity contribution < 1.29 is 9.84 Å². The van der Waals surface area contributed by atoms with Crippen LogP contribution < -0.4 is 4.74 Å². The quantitative estimate of drug-likeness (QED) is 0.802. The third kappa shape index (κ3) is 3.01. The van der Waals surface area contributed by atoms with Crippen molar-refractivity contribution in [2.75, 3.05) is 0 Å². The van der Waals surface area contributed by atoms with E-state index in [0.29, 0.717) is 22.7 Å². The molecule has 0 bridgehead atoms. The molecule has 1 N–H and O–H groups in total. The number of phenols is 1. The van der Waals surface area contributed by atoms with Crippen molar-refractivity contribution in [3.63, 3.8) is 0 Å². The maximum Gasteiger partial charge on any atom is 0.132 e. The summed E-state index contributed by atoms with van der Waals surface area (Å²) in [5.41, 5.74) is 2.76. The first kappa shape index (κ1) is 14.7. The fourth-order valence-corrected chi connectivity index (χ4v) is 2.33. The molecule has 0 fully saturated rings. The van der Waals surface area contributed by atoms with Crippen LogP contribution in [0, 0.1) is 18.3 Å². The minimum absolute atomic E-state index is 0.181. The lowest BCUT2D eigenvalue weighted by Gasteiger charge is -2.10. The van der Waals surface area contributed by atoms with Gasteiger partial charge in [0.1, 0.15) is 29.7 Å². The van der Waals surface area contributed by atoms with Gasteiger partial charge in [0.25, 0.3) is 0 Å². The summed E-state index contributed by atoms with van der Waals surface area (Å²) in [5, 5.41) is 23.2. The molecule has 1 heterocycles. The number of nitrogens with zero attached hydrogens (tertiary/aromatic N) is 3. The third-order valence-electron chi connectivity index (χ3n) is 3.48. The van der Waals surface area contributed by atoms with Gasteiger partial charge in [-0.05, 0) is 43.3 Å². The molecule has 0 aliphatic rings. The van der Waals surface area contributed by atoms with Gasteiger partial charge in [-0.1, -0.05) is 18.2 Å². The largest absolute Gasteiger partial charge is 0.508 e. The van der Waals surface area contributed by atoms with Crippen molar-refractivity contribution in [3.8, 4) is 23.3 Å². The second kappa shape index (κ2) is 6.24. The number of aryl methyl sites for hydroxylation is 1. The van der Waals surface area contributed by atoms with Crippen LogP contribution in [0.15, 0.2) is 54.6 Å². The molecule has 3 aromatic rings. The zero-order chi connectivity index (χ0) is 16.2.